The molecule has 6 unspecified atom stereocenters. The predicted molar refractivity (Wildman–Crippen MR) is 175 cm³/mol. The first kappa shape index (κ1) is 31.5. The molecule has 0 bridgehead atoms. The molecule has 1 N–H and O–H groups in total. The van der Waals surface area contributed by atoms with Crippen LogP contribution in [0.15, 0.2) is 54.1 Å². The van der Waals surface area contributed by atoms with E-state index in [1.54, 1.807) is 37.3 Å². The molecular weight excluding hydrogens is 701 g/mol. The van der Waals surface area contributed by atoms with Crippen LogP contribution < -0.4 is 14.5 Å². The first-order valence-electron chi connectivity index (χ1n) is 15.3. The normalized spacial score (nSPS) is 32.3. The number of ether oxygens (including phenoxy) is 2. The van der Waals surface area contributed by atoms with Gasteiger partial charge in [-0.1, -0.05) is 39.7 Å². The van der Waals surface area contributed by atoms with Gasteiger partial charge in [0.25, 0.3) is 11.8 Å². The molecule has 1 saturated carbocycles. The number of carbonyl (C=O) groups excluding carboxylic acids is 4. The lowest BCUT2D eigenvalue weighted by molar-refractivity contribution is -0.138. The molecule has 2 aliphatic carbocycles. The molecule has 242 valence electrons. The van der Waals surface area contributed by atoms with E-state index in [2.05, 4.69) is 20.8 Å². The third kappa shape index (κ3) is 4.31. The minimum atomic E-state index is -2.02. The molecule has 0 aromatic heterocycles. The fourth-order valence-electron chi connectivity index (χ4n) is 8.03. The number of fused-ring (bicyclic) bond motifs is 4. The van der Waals surface area contributed by atoms with Crippen LogP contribution in [0.3, 0.4) is 0 Å². The van der Waals surface area contributed by atoms with E-state index in [0.29, 0.717) is 24.5 Å². The highest BCUT2D eigenvalue weighted by atomic mass is 79.9. The summed E-state index contributed by atoms with van der Waals surface area (Å²) in [5.74, 6) is -5.48. The van der Waals surface area contributed by atoms with Crippen molar-refractivity contribution in [1.29, 1.82) is 0 Å². The van der Waals surface area contributed by atoms with Crippen molar-refractivity contribution < 1.29 is 33.8 Å². The topological polar surface area (TPSA) is 117 Å². The van der Waals surface area contributed by atoms with Crippen molar-refractivity contribution in [3.8, 4) is 11.5 Å². The minimum absolute atomic E-state index is 0.132. The van der Waals surface area contributed by atoms with Crippen LogP contribution in [0, 0.1) is 17.8 Å². The molecule has 2 aromatic carbocycles. The van der Waals surface area contributed by atoms with Gasteiger partial charge in [-0.25, -0.2) is 0 Å². The summed E-state index contributed by atoms with van der Waals surface area (Å²) in [5, 5.41) is 11.4. The molecule has 46 heavy (non-hydrogen) atoms. The average Bonchev–Trinajstić information content (AvgIpc) is 3.40. The second-order valence-corrected chi connectivity index (χ2v) is 14.0. The number of likely N-dealkylation sites (tertiary alicyclic amines) is 1. The number of morpholine rings is 1. The van der Waals surface area contributed by atoms with Crippen LogP contribution in [0.1, 0.15) is 31.2 Å². The van der Waals surface area contributed by atoms with Crippen LogP contribution >= 0.6 is 39.1 Å². The van der Waals surface area contributed by atoms with E-state index >= 15 is 0 Å². The van der Waals surface area contributed by atoms with E-state index < -0.39 is 51.1 Å². The van der Waals surface area contributed by atoms with Gasteiger partial charge in [-0.05, 0) is 56.0 Å². The van der Waals surface area contributed by atoms with Crippen molar-refractivity contribution in [2.24, 2.45) is 17.8 Å². The van der Waals surface area contributed by atoms with Gasteiger partial charge in [0.05, 0.1) is 42.8 Å². The van der Waals surface area contributed by atoms with Crippen molar-refractivity contribution in [2.45, 2.75) is 35.4 Å². The number of rotatable bonds is 6. The average molecular weight is 733 g/mol. The number of aromatic hydroxyl groups is 1. The molecule has 0 spiro atoms. The number of phenols is 1. The monoisotopic (exact) mass is 731 g/mol. The van der Waals surface area contributed by atoms with Crippen LogP contribution in [-0.2, 0) is 23.9 Å². The minimum Gasteiger partial charge on any atom is -0.504 e. The Morgan fingerprint density at radius 3 is 2.35 bits per heavy atom. The Morgan fingerprint density at radius 1 is 0.978 bits per heavy atom. The van der Waals surface area contributed by atoms with Gasteiger partial charge in [0.1, 0.15) is 0 Å². The van der Waals surface area contributed by atoms with Crippen molar-refractivity contribution >= 4 is 74.1 Å². The molecule has 4 fully saturated rings. The van der Waals surface area contributed by atoms with Gasteiger partial charge in [-0.15, -0.1) is 23.2 Å². The number of allylic oxidation sites excluding steroid dienone is 2. The van der Waals surface area contributed by atoms with Crippen LogP contribution in [0.2, 0.25) is 0 Å². The quantitative estimate of drug-likeness (QED) is 0.199. The number of alkyl halides is 3. The highest BCUT2D eigenvalue weighted by Crippen LogP contribution is 2.66. The number of halogens is 3. The number of nitrogens with zero attached hydrogens (tertiary/aromatic N) is 3. The smallest absolute Gasteiger partial charge is 0.254 e. The molecular formula is C33H32BrCl2N3O7. The molecule has 2 aromatic rings. The standard InChI is InChI=1S/C33H32BrCl2N3O7/c1-2-46-24-5-3-4-22(27(24)40)26-20-10-11-21-25(23(20)16-32(35)30(43)38(17-34)31(44)33(26,32)36)29(42)39(28(21)41)19-8-6-18(7-9-19)37-12-14-45-15-13-37/h3-10,21,23,25-26,40H,2,11-17H2,1H3. The maximum Gasteiger partial charge on any atom is 0.254 e. The third-order valence-corrected chi connectivity index (χ3v) is 12.1. The van der Waals surface area contributed by atoms with Crippen molar-refractivity contribution in [1.82, 2.24) is 4.90 Å². The predicted octanol–water partition coefficient (Wildman–Crippen LogP) is 4.54. The largest absolute Gasteiger partial charge is 0.504 e. The van der Waals surface area contributed by atoms with Crippen LogP contribution in [0.5, 0.6) is 11.5 Å². The Balaban J connectivity index is 1.31. The van der Waals surface area contributed by atoms with Gasteiger partial charge in [-0.2, -0.15) is 0 Å². The molecule has 0 radical (unpaired) electrons. The molecule has 10 nitrogen and oxygen atoms in total. The molecule has 3 heterocycles. The van der Waals surface area contributed by atoms with Gasteiger partial charge in [0.2, 0.25) is 11.8 Å². The zero-order chi connectivity index (χ0) is 32.5. The van der Waals surface area contributed by atoms with Gasteiger partial charge in [-0.3, -0.25) is 29.0 Å². The molecule has 3 saturated heterocycles. The highest BCUT2D eigenvalue weighted by molar-refractivity contribution is 9.09. The summed E-state index contributed by atoms with van der Waals surface area (Å²) in [6.07, 6.45) is 1.93. The van der Waals surface area contributed by atoms with E-state index in [0.717, 1.165) is 23.7 Å². The number of phenolic OH excluding ortho intramolecular Hbond substituents is 1. The summed E-state index contributed by atoms with van der Waals surface area (Å²) in [6, 6.07) is 12.2. The van der Waals surface area contributed by atoms with E-state index in [1.165, 1.54) is 4.90 Å². The van der Waals surface area contributed by atoms with E-state index in [1.807, 2.05) is 18.2 Å². The zero-order valence-corrected chi connectivity index (χ0v) is 28.1. The van der Waals surface area contributed by atoms with E-state index in [9.17, 15) is 24.3 Å². The summed E-state index contributed by atoms with van der Waals surface area (Å²) < 4.78 is 11.1. The Morgan fingerprint density at radius 2 is 1.67 bits per heavy atom. The first-order valence-corrected chi connectivity index (χ1v) is 17.2. The lowest BCUT2D eigenvalue weighted by atomic mass is 9.56. The molecule has 6 atom stereocenters. The number of anilines is 2. The second kappa shape index (κ2) is 11.5. The van der Waals surface area contributed by atoms with Crippen LogP contribution in [0.4, 0.5) is 11.4 Å². The summed E-state index contributed by atoms with van der Waals surface area (Å²) >= 11 is 17.8. The number of benzene rings is 2. The summed E-state index contributed by atoms with van der Waals surface area (Å²) in [5.41, 5.74) is 2.15. The maximum absolute atomic E-state index is 14.3. The Kier molecular flexibility index (Phi) is 7.90. The van der Waals surface area contributed by atoms with Gasteiger partial charge in [0, 0.05) is 30.3 Å². The number of para-hydroxylation sites is 1. The highest BCUT2D eigenvalue weighted by Gasteiger charge is 2.76. The fourth-order valence-corrected chi connectivity index (χ4v) is 9.45. The Bertz CT molecular complexity index is 1660. The van der Waals surface area contributed by atoms with Crippen molar-refractivity contribution in [2.75, 3.05) is 48.2 Å². The number of hydrogen-bond acceptors (Lipinski definition) is 8. The molecule has 13 heteroatoms. The van der Waals surface area contributed by atoms with Crippen LogP contribution in [0.25, 0.3) is 0 Å². The Labute approximate surface area is 284 Å². The van der Waals surface area contributed by atoms with Crippen molar-refractivity contribution in [3.63, 3.8) is 0 Å². The van der Waals surface area contributed by atoms with Gasteiger partial charge in [0.15, 0.2) is 21.2 Å². The van der Waals surface area contributed by atoms with E-state index in [4.69, 9.17) is 32.7 Å². The fraction of sp³-hybridized carbons (Fsp3) is 0.455. The Hall–Kier alpha value is -3.12. The van der Waals surface area contributed by atoms with Gasteiger partial charge < -0.3 is 19.5 Å². The summed E-state index contributed by atoms with van der Waals surface area (Å²) in [7, 11) is 0. The molecule has 4 amide bonds. The lowest BCUT2D eigenvalue weighted by Crippen LogP contribution is -2.60. The number of amides is 4. The first-order chi connectivity index (χ1) is 22.1. The van der Waals surface area contributed by atoms with Gasteiger partial charge >= 0.3 is 0 Å². The molecule has 7 rings (SSSR count). The van der Waals surface area contributed by atoms with Crippen LogP contribution in [-0.4, -0.2) is 81.7 Å². The summed E-state index contributed by atoms with van der Waals surface area (Å²) in [4.78, 5) is 56.5. The maximum atomic E-state index is 14.3. The molecule has 3 aliphatic heterocycles. The number of hydrogen-bond donors (Lipinski definition) is 1. The lowest BCUT2D eigenvalue weighted by Gasteiger charge is -2.50. The number of imide groups is 2. The second-order valence-electron chi connectivity index (χ2n) is 12.2. The third-order valence-electron chi connectivity index (χ3n) is 10.1. The molecule has 5 aliphatic rings. The van der Waals surface area contributed by atoms with E-state index in [-0.39, 0.29) is 47.9 Å². The summed E-state index contributed by atoms with van der Waals surface area (Å²) in [6.45, 7) is 4.82. The zero-order valence-electron chi connectivity index (χ0n) is 25.0. The number of carbonyl (C=O) groups is 4. The SMILES string of the molecule is CCOc1cccc(C2C3=CCC4C(=O)N(c5ccc(N6CCOCC6)cc5)C(=O)C4C3CC3(Cl)C(=O)N(CBr)C(=O)C23Cl)c1O. The van der Waals surface area contributed by atoms with Crippen molar-refractivity contribution in [3.05, 3.63) is 59.7 Å².